The minimum absolute atomic E-state index is 0.329. The van der Waals surface area contributed by atoms with Crippen molar-refractivity contribution < 1.29 is 19.0 Å². The van der Waals surface area contributed by atoms with Gasteiger partial charge in [-0.25, -0.2) is 4.79 Å². The summed E-state index contributed by atoms with van der Waals surface area (Å²) < 4.78 is 16.0. The average Bonchev–Trinajstić information content (AvgIpc) is 2.54. The van der Waals surface area contributed by atoms with Gasteiger partial charge in [0, 0.05) is 5.02 Å². The van der Waals surface area contributed by atoms with Gasteiger partial charge in [0.25, 0.3) is 0 Å². The molecular formula is C17H17ClO4. The quantitative estimate of drug-likeness (QED) is 0.752. The summed E-state index contributed by atoms with van der Waals surface area (Å²) in [6, 6.07) is 12.3. The van der Waals surface area contributed by atoms with Crippen molar-refractivity contribution in [1.29, 1.82) is 0 Å². The maximum Gasteiger partial charge on any atom is 0.338 e. The van der Waals surface area contributed by atoms with Crippen molar-refractivity contribution >= 4 is 17.6 Å². The molecule has 0 amide bonds. The first-order chi connectivity index (χ1) is 10.6. The molecule has 0 unspecified atom stereocenters. The molecule has 0 spiro atoms. The molecule has 0 bridgehead atoms. The standard InChI is InChI=1S/C17H17ClO4/c1-3-21-17(19)13-6-9-15(16(10-13)20-2)22-11-12-4-7-14(18)8-5-12/h4-10H,3,11H2,1-2H3. The van der Waals surface area contributed by atoms with Crippen molar-refractivity contribution in [3.8, 4) is 11.5 Å². The van der Waals surface area contributed by atoms with E-state index in [9.17, 15) is 4.79 Å². The summed E-state index contributed by atoms with van der Waals surface area (Å²) in [6.45, 7) is 2.47. The van der Waals surface area contributed by atoms with Crippen LogP contribution in [0.15, 0.2) is 42.5 Å². The first-order valence-corrected chi connectivity index (χ1v) is 7.24. The van der Waals surface area contributed by atoms with E-state index in [0.29, 0.717) is 35.3 Å². The van der Waals surface area contributed by atoms with Crippen molar-refractivity contribution in [2.75, 3.05) is 13.7 Å². The molecular weight excluding hydrogens is 304 g/mol. The van der Waals surface area contributed by atoms with Crippen molar-refractivity contribution in [3.05, 3.63) is 58.6 Å². The summed E-state index contributed by atoms with van der Waals surface area (Å²) in [7, 11) is 1.53. The number of halogens is 1. The highest BCUT2D eigenvalue weighted by molar-refractivity contribution is 6.30. The molecule has 5 heteroatoms. The summed E-state index contributed by atoms with van der Waals surface area (Å²) in [5, 5.41) is 0.681. The van der Waals surface area contributed by atoms with E-state index in [-0.39, 0.29) is 5.97 Å². The number of rotatable bonds is 6. The minimum atomic E-state index is -0.384. The molecule has 0 aliphatic carbocycles. The number of carbonyl (C=O) groups excluding carboxylic acids is 1. The van der Waals surface area contributed by atoms with Crippen LogP contribution in [0.1, 0.15) is 22.8 Å². The number of ether oxygens (including phenoxy) is 3. The van der Waals surface area contributed by atoms with Crippen LogP contribution < -0.4 is 9.47 Å². The van der Waals surface area contributed by atoms with E-state index in [1.165, 1.54) is 7.11 Å². The van der Waals surface area contributed by atoms with Gasteiger partial charge in [-0.15, -0.1) is 0 Å². The van der Waals surface area contributed by atoms with Crippen LogP contribution in [0.25, 0.3) is 0 Å². The molecule has 116 valence electrons. The Labute approximate surface area is 134 Å². The molecule has 0 fully saturated rings. The number of esters is 1. The molecule has 4 nitrogen and oxygen atoms in total. The fourth-order valence-electron chi connectivity index (χ4n) is 1.87. The van der Waals surface area contributed by atoms with Gasteiger partial charge in [0.05, 0.1) is 19.3 Å². The van der Waals surface area contributed by atoms with Crippen molar-refractivity contribution in [2.24, 2.45) is 0 Å². The third-order valence-electron chi connectivity index (χ3n) is 2.98. The number of methoxy groups -OCH3 is 1. The maximum atomic E-state index is 11.7. The smallest absolute Gasteiger partial charge is 0.338 e. The molecule has 0 saturated carbocycles. The number of hydrogen-bond acceptors (Lipinski definition) is 4. The van der Waals surface area contributed by atoms with Crippen LogP contribution in [-0.4, -0.2) is 19.7 Å². The second kappa shape index (κ2) is 7.71. The normalized spacial score (nSPS) is 10.1. The largest absolute Gasteiger partial charge is 0.493 e. The van der Waals surface area contributed by atoms with Gasteiger partial charge in [-0.3, -0.25) is 0 Å². The highest BCUT2D eigenvalue weighted by atomic mass is 35.5. The molecule has 0 aliphatic rings. The summed E-state index contributed by atoms with van der Waals surface area (Å²) in [4.78, 5) is 11.7. The van der Waals surface area contributed by atoms with Crippen LogP contribution in [0.3, 0.4) is 0 Å². The Morgan fingerprint density at radius 1 is 1.09 bits per heavy atom. The number of hydrogen-bond donors (Lipinski definition) is 0. The van der Waals surface area contributed by atoms with Crippen molar-refractivity contribution in [1.82, 2.24) is 0 Å². The zero-order valence-corrected chi connectivity index (χ0v) is 13.2. The highest BCUT2D eigenvalue weighted by Gasteiger charge is 2.12. The molecule has 0 aliphatic heterocycles. The predicted octanol–water partition coefficient (Wildman–Crippen LogP) is 4.10. The van der Waals surface area contributed by atoms with Gasteiger partial charge in [-0.05, 0) is 42.8 Å². The van der Waals surface area contributed by atoms with Gasteiger partial charge < -0.3 is 14.2 Å². The van der Waals surface area contributed by atoms with E-state index in [2.05, 4.69) is 0 Å². The van der Waals surface area contributed by atoms with E-state index in [0.717, 1.165) is 5.56 Å². The van der Waals surface area contributed by atoms with Gasteiger partial charge in [0.1, 0.15) is 6.61 Å². The summed E-state index contributed by atoms with van der Waals surface area (Å²) >= 11 is 5.84. The van der Waals surface area contributed by atoms with E-state index < -0.39 is 0 Å². The molecule has 0 saturated heterocycles. The molecule has 22 heavy (non-hydrogen) atoms. The zero-order chi connectivity index (χ0) is 15.9. The van der Waals surface area contributed by atoms with E-state index in [1.54, 1.807) is 37.3 Å². The van der Waals surface area contributed by atoms with E-state index in [4.69, 9.17) is 25.8 Å². The predicted molar refractivity (Wildman–Crippen MR) is 84.7 cm³/mol. The van der Waals surface area contributed by atoms with Gasteiger partial charge in [-0.2, -0.15) is 0 Å². The molecule has 2 aromatic carbocycles. The maximum absolute atomic E-state index is 11.7. The highest BCUT2D eigenvalue weighted by Crippen LogP contribution is 2.29. The van der Waals surface area contributed by atoms with Crippen molar-refractivity contribution in [2.45, 2.75) is 13.5 Å². The summed E-state index contributed by atoms with van der Waals surface area (Å²) in [6.07, 6.45) is 0. The lowest BCUT2D eigenvalue weighted by atomic mass is 10.2. The monoisotopic (exact) mass is 320 g/mol. The number of carbonyl (C=O) groups is 1. The Morgan fingerprint density at radius 3 is 2.45 bits per heavy atom. The molecule has 0 atom stereocenters. The van der Waals surface area contributed by atoms with Crippen LogP contribution in [0, 0.1) is 0 Å². The first-order valence-electron chi connectivity index (χ1n) is 6.86. The zero-order valence-electron chi connectivity index (χ0n) is 12.5. The van der Waals surface area contributed by atoms with Crippen molar-refractivity contribution in [3.63, 3.8) is 0 Å². The summed E-state index contributed by atoms with van der Waals surface area (Å²) in [5.41, 5.74) is 1.42. The van der Waals surface area contributed by atoms with Crippen LogP contribution in [0.2, 0.25) is 5.02 Å². The fraction of sp³-hybridized carbons (Fsp3) is 0.235. The van der Waals surface area contributed by atoms with Crippen LogP contribution in [0.5, 0.6) is 11.5 Å². The topological polar surface area (TPSA) is 44.8 Å². The lowest BCUT2D eigenvalue weighted by Crippen LogP contribution is -2.05. The Hall–Kier alpha value is -2.20. The molecule has 2 rings (SSSR count). The second-order valence-electron chi connectivity index (χ2n) is 4.50. The van der Waals surface area contributed by atoms with Gasteiger partial charge in [0.2, 0.25) is 0 Å². The Kier molecular flexibility index (Phi) is 5.67. The van der Waals surface area contributed by atoms with Gasteiger partial charge >= 0.3 is 5.97 Å². The molecule has 0 N–H and O–H groups in total. The summed E-state index contributed by atoms with van der Waals surface area (Å²) in [5.74, 6) is 0.662. The Balaban J connectivity index is 2.10. The molecule has 0 heterocycles. The Bertz CT molecular complexity index is 638. The lowest BCUT2D eigenvalue weighted by Gasteiger charge is -2.12. The molecule has 2 aromatic rings. The minimum Gasteiger partial charge on any atom is -0.493 e. The second-order valence-corrected chi connectivity index (χ2v) is 4.94. The van der Waals surface area contributed by atoms with Gasteiger partial charge in [-0.1, -0.05) is 23.7 Å². The third-order valence-corrected chi connectivity index (χ3v) is 3.23. The van der Waals surface area contributed by atoms with Gasteiger partial charge in [0.15, 0.2) is 11.5 Å². The Morgan fingerprint density at radius 2 is 1.82 bits per heavy atom. The van der Waals surface area contributed by atoms with Crippen LogP contribution in [-0.2, 0) is 11.3 Å². The molecule has 0 aromatic heterocycles. The van der Waals surface area contributed by atoms with E-state index in [1.807, 2.05) is 12.1 Å². The third kappa shape index (κ3) is 4.15. The fourth-order valence-corrected chi connectivity index (χ4v) is 2.00. The SMILES string of the molecule is CCOC(=O)c1ccc(OCc2ccc(Cl)cc2)c(OC)c1. The number of benzene rings is 2. The van der Waals surface area contributed by atoms with Crippen LogP contribution >= 0.6 is 11.6 Å². The molecule has 0 radical (unpaired) electrons. The van der Waals surface area contributed by atoms with E-state index >= 15 is 0 Å². The van der Waals surface area contributed by atoms with Crippen LogP contribution in [0.4, 0.5) is 0 Å². The average molecular weight is 321 g/mol. The first kappa shape index (κ1) is 16.2. The lowest BCUT2D eigenvalue weighted by molar-refractivity contribution is 0.0526.